The highest BCUT2D eigenvalue weighted by atomic mass is 32.2. The Hall–Kier alpha value is -0.170. The van der Waals surface area contributed by atoms with Crippen LogP contribution >= 0.6 is 0 Å². The Morgan fingerprint density at radius 1 is 1.21 bits per heavy atom. The van der Waals surface area contributed by atoms with Gasteiger partial charge >= 0.3 is 0 Å². The Kier molecular flexibility index (Phi) is 10.5. The van der Waals surface area contributed by atoms with Crippen molar-refractivity contribution in [2.45, 2.75) is 52.0 Å². The average molecular weight is 295 g/mol. The summed E-state index contributed by atoms with van der Waals surface area (Å²) in [6, 6.07) is 0.202. The van der Waals surface area contributed by atoms with Crippen LogP contribution in [0.1, 0.15) is 46.0 Å². The second kappa shape index (κ2) is 10.6. The fourth-order valence-electron chi connectivity index (χ4n) is 1.85. The van der Waals surface area contributed by atoms with Crippen LogP contribution in [0.2, 0.25) is 0 Å². The van der Waals surface area contributed by atoms with E-state index in [2.05, 4.69) is 13.8 Å². The molecule has 0 saturated heterocycles. The van der Waals surface area contributed by atoms with Crippen LogP contribution in [0.4, 0.5) is 0 Å². The van der Waals surface area contributed by atoms with Crippen LogP contribution in [0, 0.1) is 0 Å². The lowest BCUT2D eigenvalue weighted by Crippen LogP contribution is -2.38. The van der Waals surface area contributed by atoms with Gasteiger partial charge in [-0.05, 0) is 19.9 Å². The molecule has 0 spiro atoms. The van der Waals surface area contributed by atoms with Crippen LogP contribution in [0.5, 0.6) is 0 Å². The maximum Gasteiger partial charge on any atom is 0.266 e. The maximum atomic E-state index is 10.7. The molecule has 0 fully saturated rings. The first kappa shape index (κ1) is 18.8. The molecule has 19 heavy (non-hydrogen) atoms. The molecular formula is C13H29NO4S. The number of unbranched alkanes of at least 4 members (excludes halogenated alkanes) is 3. The van der Waals surface area contributed by atoms with E-state index in [1.165, 1.54) is 19.3 Å². The van der Waals surface area contributed by atoms with Gasteiger partial charge in [0.2, 0.25) is 0 Å². The van der Waals surface area contributed by atoms with E-state index in [0.717, 1.165) is 19.4 Å². The van der Waals surface area contributed by atoms with E-state index in [9.17, 15) is 8.42 Å². The van der Waals surface area contributed by atoms with Crippen LogP contribution in [0.15, 0.2) is 0 Å². The molecule has 6 heteroatoms. The molecule has 0 aromatic carbocycles. The van der Waals surface area contributed by atoms with Crippen LogP contribution in [-0.4, -0.2) is 56.5 Å². The quantitative estimate of drug-likeness (QED) is 0.441. The van der Waals surface area contributed by atoms with Gasteiger partial charge in [-0.3, -0.25) is 4.55 Å². The number of hydrogen-bond acceptors (Lipinski definition) is 4. The summed E-state index contributed by atoms with van der Waals surface area (Å²) >= 11 is 0. The molecule has 116 valence electrons. The lowest BCUT2D eigenvalue weighted by molar-refractivity contribution is 0.0681. The predicted molar refractivity (Wildman–Crippen MR) is 78.1 cm³/mol. The Labute approximate surface area is 118 Å². The topological polar surface area (TPSA) is 66.8 Å². The van der Waals surface area contributed by atoms with Crippen molar-refractivity contribution in [1.82, 2.24) is 4.90 Å². The van der Waals surface area contributed by atoms with Crippen LogP contribution in [0.3, 0.4) is 0 Å². The van der Waals surface area contributed by atoms with Crippen molar-refractivity contribution >= 4 is 10.1 Å². The van der Waals surface area contributed by atoms with Crippen molar-refractivity contribution in [3.05, 3.63) is 0 Å². The molecule has 0 aliphatic carbocycles. The molecule has 1 atom stereocenters. The van der Waals surface area contributed by atoms with E-state index in [1.54, 1.807) is 0 Å². The lowest BCUT2D eigenvalue weighted by Gasteiger charge is -2.26. The maximum absolute atomic E-state index is 10.7. The molecule has 0 rings (SSSR count). The third kappa shape index (κ3) is 11.4. The summed E-state index contributed by atoms with van der Waals surface area (Å²) in [5.41, 5.74) is 0. The van der Waals surface area contributed by atoms with Gasteiger partial charge in [-0.2, -0.15) is 8.42 Å². The molecule has 0 saturated carbocycles. The van der Waals surface area contributed by atoms with E-state index in [-0.39, 0.29) is 11.8 Å². The van der Waals surface area contributed by atoms with Crippen LogP contribution < -0.4 is 0 Å². The highest BCUT2D eigenvalue weighted by Gasteiger charge is 2.15. The monoisotopic (exact) mass is 295 g/mol. The summed E-state index contributed by atoms with van der Waals surface area (Å²) < 4.78 is 35.8. The molecule has 0 bridgehead atoms. The second-order valence-corrected chi connectivity index (χ2v) is 6.54. The average Bonchev–Trinajstić information content (AvgIpc) is 2.34. The Morgan fingerprint density at radius 3 is 2.42 bits per heavy atom. The molecule has 0 aromatic rings. The van der Waals surface area contributed by atoms with E-state index >= 15 is 0 Å². The summed E-state index contributed by atoms with van der Waals surface area (Å²) in [4.78, 5) is 1.93. The normalized spacial score (nSPS) is 13.9. The minimum absolute atomic E-state index is 0.202. The third-order valence-electron chi connectivity index (χ3n) is 3.25. The summed E-state index contributed by atoms with van der Waals surface area (Å²) in [5, 5.41) is 0. The first-order chi connectivity index (χ1) is 8.90. The van der Waals surface area contributed by atoms with Crippen molar-refractivity contribution in [2.75, 3.05) is 32.6 Å². The summed E-state index contributed by atoms with van der Waals surface area (Å²) in [6.07, 6.45) is 5.65. The standard InChI is InChI=1S/C13H29NO4S/c1-4-6-7-8-10-18-12-13(5-2)14(3)9-11-19(15,16)17/h13H,4-12H2,1-3H3,(H,15,16,17). The first-order valence-corrected chi connectivity index (χ1v) is 8.74. The van der Waals surface area contributed by atoms with Crippen molar-refractivity contribution in [1.29, 1.82) is 0 Å². The van der Waals surface area contributed by atoms with Gasteiger partial charge in [0, 0.05) is 19.2 Å². The smallest absolute Gasteiger partial charge is 0.266 e. The molecule has 1 N–H and O–H groups in total. The molecule has 0 amide bonds. The van der Waals surface area contributed by atoms with Crippen LogP contribution in [-0.2, 0) is 14.9 Å². The fraction of sp³-hybridized carbons (Fsp3) is 1.00. The van der Waals surface area contributed by atoms with Gasteiger partial charge in [0.15, 0.2) is 0 Å². The van der Waals surface area contributed by atoms with Crippen molar-refractivity contribution < 1.29 is 17.7 Å². The molecule has 0 aromatic heterocycles. The van der Waals surface area contributed by atoms with Gasteiger partial charge in [0.25, 0.3) is 10.1 Å². The first-order valence-electron chi connectivity index (χ1n) is 7.13. The zero-order chi connectivity index (χ0) is 14.7. The minimum Gasteiger partial charge on any atom is -0.380 e. The second-order valence-electron chi connectivity index (χ2n) is 4.96. The molecule has 1 unspecified atom stereocenters. The van der Waals surface area contributed by atoms with Crippen LogP contribution in [0.25, 0.3) is 0 Å². The number of nitrogens with zero attached hydrogens (tertiary/aromatic N) is 1. The summed E-state index contributed by atoms with van der Waals surface area (Å²) in [6.45, 7) is 5.94. The molecule has 0 aliphatic heterocycles. The number of ether oxygens (including phenoxy) is 1. The van der Waals surface area contributed by atoms with Gasteiger partial charge in [-0.25, -0.2) is 0 Å². The van der Waals surface area contributed by atoms with E-state index in [0.29, 0.717) is 13.2 Å². The van der Waals surface area contributed by atoms with Gasteiger partial charge in [-0.15, -0.1) is 0 Å². The Balaban J connectivity index is 3.80. The molecule has 0 heterocycles. The SMILES string of the molecule is CCCCCCOCC(CC)N(C)CCS(=O)(=O)O. The molecule has 0 radical (unpaired) electrons. The van der Waals surface area contributed by atoms with Crippen molar-refractivity contribution in [3.63, 3.8) is 0 Å². The van der Waals surface area contributed by atoms with Crippen molar-refractivity contribution in [2.24, 2.45) is 0 Å². The third-order valence-corrected chi connectivity index (χ3v) is 3.95. The van der Waals surface area contributed by atoms with Crippen molar-refractivity contribution in [3.8, 4) is 0 Å². The lowest BCUT2D eigenvalue weighted by atomic mass is 10.2. The predicted octanol–water partition coefficient (Wildman–Crippen LogP) is 2.18. The zero-order valence-corrected chi connectivity index (χ0v) is 13.3. The summed E-state index contributed by atoms with van der Waals surface area (Å²) in [7, 11) is -2.02. The highest BCUT2D eigenvalue weighted by Crippen LogP contribution is 2.05. The van der Waals surface area contributed by atoms with Gasteiger partial charge < -0.3 is 9.64 Å². The van der Waals surface area contributed by atoms with Gasteiger partial charge in [-0.1, -0.05) is 33.1 Å². The highest BCUT2D eigenvalue weighted by molar-refractivity contribution is 7.85. The largest absolute Gasteiger partial charge is 0.380 e. The zero-order valence-electron chi connectivity index (χ0n) is 12.5. The fourth-order valence-corrected chi connectivity index (χ4v) is 2.37. The number of rotatable bonds is 12. The Morgan fingerprint density at radius 2 is 1.89 bits per heavy atom. The number of hydrogen-bond donors (Lipinski definition) is 1. The van der Waals surface area contributed by atoms with Gasteiger partial charge in [0.1, 0.15) is 0 Å². The Bertz CT molecular complexity index is 306. The van der Waals surface area contributed by atoms with E-state index < -0.39 is 10.1 Å². The van der Waals surface area contributed by atoms with E-state index in [4.69, 9.17) is 9.29 Å². The molecule has 0 aliphatic rings. The molecular weight excluding hydrogens is 266 g/mol. The van der Waals surface area contributed by atoms with Gasteiger partial charge in [0.05, 0.1) is 12.4 Å². The van der Waals surface area contributed by atoms with E-state index in [1.807, 2.05) is 11.9 Å². The number of likely N-dealkylation sites (N-methyl/N-ethyl adjacent to an activating group) is 1. The minimum atomic E-state index is -3.88. The summed E-state index contributed by atoms with van der Waals surface area (Å²) in [5.74, 6) is -0.226. The molecule has 5 nitrogen and oxygen atoms in total.